The molecule has 0 aliphatic carbocycles. The van der Waals surface area contributed by atoms with Gasteiger partial charge in [0.25, 0.3) is 5.91 Å². The average molecular weight is 412 g/mol. The molecule has 2 aromatic carbocycles. The van der Waals surface area contributed by atoms with Crippen molar-refractivity contribution in [2.75, 3.05) is 0 Å². The minimum absolute atomic E-state index is 0.131. The van der Waals surface area contributed by atoms with Gasteiger partial charge >= 0.3 is 0 Å². The van der Waals surface area contributed by atoms with Crippen molar-refractivity contribution in [3.8, 4) is 16.8 Å². The number of hydrogen-bond donors (Lipinski definition) is 1. The standard InChI is InChI=1S/C22H26ClN5O/c1-6-22(4,5)24-21(29)17-11-16(15-7-9-18(23)10-8-15)12-19(13-17)28-20(14(2)3)25-26-27-28/h7-14H,6H2,1-5H3,(H,24,29). The fourth-order valence-corrected chi connectivity index (χ4v) is 3.01. The van der Waals surface area contributed by atoms with Gasteiger partial charge in [-0.15, -0.1) is 5.10 Å². The minimum atomic E-state index is -0.300. The van der Waals surface area contributed by atoms with Crippen LogP contribution in [0.25, 0.3) is 16.8 Å². The monoisotopic (exact) mass is 411 g/mol. The summed E-state index contributed by atoms with van der Waals surface area (Å²) in [7, 11) is 0. The number of nitrogens with one attached hydrogen (secondary N) is 1. The second-order valence-corrected chi connectivity index (χ2v) is 8.51. The van der Waals surface area contributed by atoms with Gasteiger partial charge in [0.1, 0.15) is 0 Å². The van der Waals surface area contributed by atoms with Gasteiger partial charge in [-0.2, -0.15) is 4.68 Å². The molecule has 6 nitrogen and oxygen atoms in total. The van der Waals surface area contributed by atoms with E-state index in [-0.39, 0.29) is 17.4 Å². The summed E-state index contributed by atoms with van der Waals surface area (Å²) in [6.45, 7) is 10.1. The number of rotatable bonds is 6. The van der Waals surface area contributed by atoms with E-state index in [1.54, 1.807) is 4.68 Å². The van der Waals surface area contributed by atoms with Gasteiger partial charge in [0, 0.05) is 22.0 Å². The summed E-state index contributed by atoms with van der Waals surface area (Å²) >= 11 is 6.04. The van der Waals surface area contributed by atoms with Crippen molar-refractivity contribution in [3.63, 3.8) is 0 Å². The van der Waals surface area contributed by atoms with Crippen molar-refractivity contribution < 1.29 is 4.79 Å². The molecular weight excluding hydrogens is 386 g/mol. The van der Waals surface area contributed by atoms with E-state index in [9.17, 15) is 4.79 Å². The Kier molecular flexibility index (Phi) is 6.03. The van der Waals surface area contributed by atoms with E-state index in [0.717, 1.165) is 29.1 Å². The van der Waals surface area contributed by atoms with Crippen LogP contribution in [0.2, 0.25) is 5.02 Å². The van der Waals surface area contributed by atoms with Gasteiger partial charge in [0.2, 0.25) is 0 Å². The fraction of sp³-hybridized carbons (Fsp3) is 0.364. The molecule has 0 aliphatic rings. The zero-order chi connectivity index (χ0) is 21.2. The number of halogens is 1. The number of carbonyl (C=O) groups is 1. The van der Waals surface area contributed by atoms with Crippen molar-refractivity contribution in [3.05, 3.63) is 58.9 Å². The number of carbonyl (C=O) groups excluding carboxylic acids is 1. The predicted molar refractivity (Wildman–Crippen MR) is 116 cm³/mol. The Morgan fingerprint density at radius 3 is 2.45 bits per heavy atom. The molecule has 0 bridgehead atoms. The highest BCUT2D eigenvalue weighted by Crippen LogP contribution is 2.27. The molecule has 1 aromatic heterocycles. The smallest absolute Gasteiger partial charge is 0.251 e. The molecule has 7 heteroatoms. The first-order chi connectivity index (χ1) is 13.7. The van der Waals surface area contributed by atoms with Crippen LogP contribution in [0, 0.1) is 0 Å². The number of amides is 1. The Labute approximate surface area is 176 Å². The number of benzene rings is 2. The first-order valence-corrected chi connectivity index (χ1v) is 10.1. The normalized spacial score (nSPS) is 11.7. The van der Waals surface area contributed by atoms with Crippen LogP contribution in [0.15, 0.2) is 42.5 Å². The Bertz CT molecular complexity index is 1010. The molecule has 3 aromatic rings. The minimum Gasteiger partial charge on any atom is -0.347 e. The zero-order valence-corrected chi connectivity index (χ0v) is 18.2. The van der Waals surface area contributed by atoms with Crippen molar-refractivity contribution in [1.29, 1.82) is 0 Å². The molecule has 0 unspecified atom stereocenters. The van der Waals surface area contributed by atoms with Crippen LogP contribution in [-0.4, -0.2) is 31.7 Å². The maximum Gasteiger partial charge on any atom is 0.251 e. The number of tetrazole rings is 1. The molecule has 0 aliphatic heterocycles. The molecular formula is C22H26ClN5O. The fourth-order valence-electron chi connectivity index (χ4n) is 2.88. The van der Waals surface area contributed by atoms with E-state index in [0.29, 0.717) is 10.6 Å². The van der Waals surface area contributed by atoms with E-state index in [1.165, 1.54) is 0 Å². The van der Waals surface area contributed by atoms with E-state index >= 15 is 0 Å². The number of aromatic nitrogens is 4. The molecule has 1 N–H and O–H groups in total. The van der Waals surface area contributed by atoms with Gasteiger partial charge in [-0.3, -0.25) is 4.79 Å². The van der Waals surface area contributed by atoms with Gasteiger partial charge in [0.15, 0.2) is 5.82 Å². The van der Waals surface area contributed by atoms with E-state index in [1.807, 2.05) is 77.1 Å². The second-order valence-electron chi connectivity index (χ2n) is 8.07. The summed E-state index contributed by atoms with van der Waals surface area (Å²) in [5, 5.41) is 15.9. The maximum absolute atomic E-state index is 13.0. The lowest BCUT2D eigenvalue weighted by atomic mass is 9.99. The van der Waals surface area contributed by atoms with E-state index in [4.69, 9.17) is 11.6 Å². The Balaban J connectivity index is 2.13. The lowest BCUT2D eigenvalue weighted by Crippen LogP contribution is -2.42. The van der Waals surface area contributed by atoms with Crippen molar-refractivity contribution in [2.45, 2.75) is 52.5 Å². The lowest BCUT2D eigenvalue weighted by molar-refractivity contribution is 0.0911. The van der Waals surface area contributed by atoms with Crippen LogP contribution in [-0.2, 0) is 0 Å². The predicted octanol–water partition coefficient (Wildman–Crippen LogP) is 5.02. The molecule has 0 saturated heterocycles. The van der Waals surface area contributed by atoms with Crippen LogP contribution in [0.3, 0.4) is 0 Å². The number of nitrogens with zero attached hydrogens (tertiary/aromatic N) is 4. The van der Waals surface area contributed by atoms with Crippen LogP contribution < -0.4 is 5.32 Å². The summed E-state index contributed by atoms with van der Waals surface area (Å²) in [6, 6.07) is 13.2. The van der Waals surface area contributed by atoms with Gasteiger partial charge in [0.05, 0.1) is 5.69 Å². The van der Waals surface area contributed by atoms with Crippen molar-refractivity contribution in [1.82, 2.24) is 25.5 Å². The number of hydrogen-bond acceptors (Lipinski definition) is 4. The lowest BCUT2D eigenvalue weighted by Gasteiger charge is -2.24. The summed E-state index contributed by atoms with van der Waals surface area (Å²) in [4.78, 5) is 13.0. The Morgan fingerprint density at radius 2 is 1.83 bits per heavy atom. The second kappa shape index (κ2) is 8.33. The van der Waals surface area contributed by atoms with Gasteiger partial charge in [-0.1, -0.05) is 44.5 Å². The van der Waals surface area contributed by atoms with Crippen LogP contribution in [0.5, 0.6) is 0 Å². The van der Waals surface area contributed by atoms with Crippen molar-refractivity contribution in [2.24, 2.45) is 0 Å². The first-order valence-electron chi connectivity index (χ1n) is 9.72. The zero-order valence-electron chi connectivity index (χ0n) is 17.4. The summed E-state index contributed by atoms with van der Waals surface area (Å²) in [6.07, 6.45) is 0.826. The third kappa shape index (κ3) is 4.82. The topological polar surface area (TPSA) is 72.7 Å². The molecule has 29 heavy (non-hydrogen) atoms. The van der Waals surface area contributed by atoms with Crippen LogP contribution in [0.4, 0.5) is 0 Å². The van der Waals surface area contributed by atoms with Crippen LogP contribution >= 0.6 is 11.6 Å². The van der Waals surface area contributed by atoms with E-state index in [2.05, 4.69) is 20.8 Å². The highest BCUT2D eigenvalue weighted by Gasteiger charge is 2.21. The molecule has 1 amide bonds. The SMILES string of the molecule is CCC(C)(C)NC(=O)c1cc(-c2ccc(Cl)cc2)cc(-n2nnnc2C(C)C)c1. The third-order valence-electron chi connectivity index (χ3n) is 4.95. The van der Waals surface area contributed by atoms with Gasteiger partial charge < -0.3 is 5.32 Å². The van der Waals surface area contributed by atoms with Crippen LogP contribution in [0.1, 0.15) is 63.1 Å². The molecule has 0 radical (unpaired) electrons. The average Bonchev–Trinajstić information content (AvgIpc) is 3.18. The molecule has 1 heterocycles. The Hall–Kier alpha value is -2.73. The molecule has 0 fully saturated rings. The summed E-state index contributed by atoms with van der Waals surface area (Å²) < 4.78 is 1.69. The quantitative estimate of drug-likeness (QED) is 0.617. The first kappa shape index (κ1) is 21.0. The molecule has 0 atom stereocenters. The highest BCUT2D eigenvalue weighted by molar-refractivity contribution is 6.30. The van der Waals surface area contributed by atoms with Gasteiger partial charge in [-0.25, -0.2) is 0 Å². The van der Waals surface area contributed by atoms with Crippen molar-refractivity contribution >= 4 is 17.5 Å². The largest absolute Gasteiger partial charge is 0.347 e. The van der Waals surface area contributed by atoms with Gasteiger partial charge in [-0.05, 0) is 72.2 Å². The molecule has 0 saturated carbocycles. The summed E-state index contributed by atoms with van der Waals surface area (Å²) in [5.74, 6) is 0.743. The molecule has 3 rings (SSSR count). The maximum atomic E-state index is 13.0. The van der Waals surface area contributed by atoms with E-state index < -0.39 is 0 Å². The third-order valence-corrected chi connectivity index (χ3v) is 5.20. The molecule has 0 spiro atoms. The molecule has 152 valence electrons. The highest BCUT2D eigenvalue weighted by atomic mass is 35.5. The summed E-state index contributed by atoms with van der Waals surface area (Å²) in [5.41, 5.74) is 2.85. The Morgan fingerprint density at radius 1 is 1.14 bits per heavy atom.